The van der Waals surface area contributed by atoms with Gasteiger partial charge in [-0.3, -0.25) is 4.79 Å². The molecule has 0 bridgehead atoms. The topological polar surface area (TPSA) is 87.8 Å². The molecular weight excluding hydrogens is 373 g/mol. The molecular formula is C16H12ClF3N4O2. The smallest absolute Gasteiger partial charge is 0.309 e. The highest BCUT2D eigenvalue weighted by molar-refractivity contribution is 6.32. The monoisotopic (exact) mass is 384 g/mol. The SMILES string of the molecule is CC(=O)CCC(=O)Nc1c(C#N)cnn1-c1ccc(C(F)(F)F)cc1Cl. The van der Waals surface area contributed by atoms with Crippen LogP contribution in [0.4, 0.5) is 19.0 Å². The van der Waals surface area contributed by atoms with Crippen LogP contribution < -0.4 is 5.32 Å². The average molecular weight is 385 g/mol. The fourth-order valence-corrected chi connectivity index (χ4v) is 2.33. The molecule has 0 saturated heterocycles. The zero-order chi connectivity index (χ0) is 19.5. The summed E-state index contributed by atoms with van der Waals surface area (Å²) in [5.41, 5.74) is -0.883. The number of Topliss-reactive ketones (excluding diaryl/α,β-unsaturated/α-hetero) is 1. The van der Waals surface area contributed by atoms with Gasteiger partial charge in [-0.1, -0.05) is 11.6 Å². The third-order valence-electron chi connectivity index (χ3n) is 3.35. The lowest BCUT2D eigenvalue weighted by atomic mass is 10.2. The summed E-state index contributed by atoms with van der Waals surface area (Å²) in [4.78, 5) is 22.9. The molecule has 10 heteroatoms. The number of rotatable bonds is 5. The molecule has 0 atom stereocenters. The predicted molar refractivity (Wildman–Crippen MR) is 86.8 cm³/mol. The second kappa shape index (κ2) is 7.58. The Balaban J connectivity index is 2.39. The van der Waals surface area contributed by atoms with Gasteiger partial charge in [0.25, 0.3) is 0 Å². The number of carbonyl (C=O) groups is 2. The molecule has 1 aromatic heterocycles. The molecule has 2 aromatic rings. The molecule has 6 nitrogen and oxygen atoms in total. The Morgan fingerprint density at radius 2 is 2.04 bits per heavy atom. The molecule has 0 unspecified atom stereocenters. The van der Waals surface area contributed by atoms with E-state index in [9.17, 15) is 22.8 Å². The molecule has 1 aromatic carbocycles. The van der Waals surface area contributed by atoms with Crippen molar-refractivity contribution in [2.75, 3.05) is 5.32 Å². The number of ketones is 1. The third-order valence-corrected chi connectivity index (χ3v) is 3.66. The molecule has 0 fully saturated rings. The molecule has 2 rings (SSSR count). The van der Waals surface area contributed by atoms with E-state index in [0.29, 0.717) is 0 Å². The lowest BCUT2D eigenvalue weighted by molar-refractivity contribution is -0.137. The first-order valence-electron chi connectivity index (χ1n) is 7.28. The van der Waals surface area contributed by atoms with Crippen LogP contribution in [0.5, 0.6) is 0 Å². The van der Waals surface area contributed by atoms with Gasteiger partial charge >= 0.3 is 6.18 Å². The summed E-state index contributed by atoms with van der Waals surface area (Å²) in [5.74, 6) is -0.760. The minimum absolute atomic E-state index is 0.00265. The van der Waals surface area contributed by atoms with Crippen LogP contribution in [0, 0.1) is 11.3 Å². The van der Waals surface area contributed by atoms with E-state index in [2.05, 4.69) is 10.4 Å². The minimum Gasteiger partial charge on any atom is -0.309 e. The van der Waals surface area contributed by atoms with Gasteiger partial charge in [-0.2, -0.15) is 23.5 Å². The third kappa shape index (κ3) is 4.40. The van der Waals surface area contributed by atoms with Gasteiger partial charge in [-0.15, -0.1) is 0 Å². The maximum atomic E-state index is 12.8. The van der Waals surface area contributed by atoms with Crippen molar-refractivity contribution in [3.05, 3.63) is 40.5 Å². The Labute approximate surface area is 151 Å². The lowest BCUT2D eigenvalue weighted by Gasteiger charge is -2.13. The van der Waals surface area contributed by atoms with Crippen LogP contribution in [-0.2, 0) is 15.8 Å². The number of amides is 1. The van der Waals surface area contributed by atoms with E-state index in [1.807, 2.05) is 6.07 Å². The summed E-state index contributed by atoms with van der Waals surface area (Å²) < 4.78 is 39.3. The largest absolute Gasteiger partial charge is 0.416 e. The van der Waals surface area contributed by atoms with Crippen LogP contribution >= 0.6 is 11.6 Å². The van der Waals surface area contributed by atoms with Crippen LogP contribution in [0.15, 0.2) is 24.4 Å². The molecule has 1 heterocycles. The molecule has 1 amide bonds. The van der Waals surface area contributed by atoms with Crippen LogP contribution in [0.1, 0.15) is 30.9 Å². The first kappa shape index (κ1) is 19.5. The average Bonchev–Trinajstić information content (AvgIpc) is 2.94. The van der Waals surface area contributed by atoms with Crippen LogP contribution in [0.2, 0.25) is 5.02 Å². The van der Waals surface area contributed by atoms with E-state index in [-0.39, 0.29) is 40.7 Å². The first-order valence-corrected chi connectivity index (χ1v) is 7.65. The second-order valence-electron chi connectivity index (χ2n) is 5.34. The predicted octanol–water partition coefficient (Wildman–Crippen LogP) is 3.72. The molecule has 0 aliphatic heterocycles. The van der Waals surface area contributed by atoms with Gasteiger partial charge in [0, 0.05) is 12.8 Å². The number of alkyl halides is 3. The highest BCUT2D eigenvalue weighted by Crippen LogP contribution is 2.34. The van der Waals surface area contributed by atoms with E-state index in [4.69, 9.17) is 16.9 Å². The number of nitriles is 1. The number of aromatic nitrogens is 2. The fourth-order valence-electron chi connectivity index (χ4n) is 2.07. The summed E-state index contributed by atoms with van der Waals surface area (Å²) in [7, 11) is 0. The van der Waals surface area contributed by atoms with Gasteiger partial charge in [-0.25, -0.2) is 4.68 Å². The number of hydrogen-bond donors (Lipinski definition) is 1. The van der Waals surface area contributed by atoms with Crippen LogP contribution in [0.3, 0.4) is 0 Å². The van der Waals surface area contributed by atoms with E-state index in [1.54, 1.807) is 0 Å². The Bertz CT molecular complexity index is 900. The molecule has 0 radical (unpaired) electrons. The molecule has 0 aliphatic carbocycles. The van der Waals surface area contributed by atoms with Gasteiger partial charge in [0.1, 0.15) is 17.4 Å². The minimum atomic E-state index is -4.56. The summed E-state index contributed by atoms with van der Waals surface area (Å²) in [6, 6.07) is 4.45. The zero-order valence-electron chi connectivity index (χ0n) is 13.4. The summed E-state index contributed by atoms with van der Waals surface area (Å²) >= 11 is 5.93. The number of hydrogen-bond acceptors (Lipinski definition) is 4. The number of anilines is 1. The van der Waals surface area contributed by atoms with Crippen molar-refractivity contribution in [2.24, 2.45) is 0 Å². The van der Waals surface area contributed by atoms with E-state index < -0.39 is 17.6 Å². The van der Waals surface area contributed by atoms with E-state index in [0.717, 1.165) is 29.1 Å². The highest BCUT2D eigenvalue weighted by Gasteiger charge is 2.31. The summed E-state index contributed by atoms with van der Waals surface area (Å²) in [5, 5.41) is 15.2. The maximum absolute atomic E-state index is 12.8. The highest BCUT2D eigenvalue weighted by atomic mass is 35.5. The normalized spacial score (nSPS) is 11.1. The molecule has 26 heavy (non-hydrogen) atoms. The van der Waals surface area contributed by atoms with Crippen LogP contribution in [-0.4, -0.2) is 21.5 Å². The Morgan fingerprint density at radius 1 is 1.35 bits per heavy atom. The first-order chi connectivity index (χ1) is 12.1. The second-order valence-corrected chi connectivity index (χ2v) is 5.75. The van der Waals surface area contributed by atoms with Crippen molar-refractivity contribution in [1.82, 2.24) is 9.78 Å². The van der Waals surface area contributed by atoms with Crippen molar-refractivity contribution >= 4 is 29.1 Å². The summed E-state index contributed by atoms with van der Waals surface area (Å²) in [6.07, 6.45) is -3.50. The Morgan fingerprint density at radius 3 is 2.58 bits per heavy atom. The molecule has 136 valence electrons. The molecule has 0 aliphatic rings. The Hall–Kier alpha value is -2.86. The van der Waals surface area contributed by atoms with Gasteiger partial charge in [-0.05, 0) is 25.1 Å². The van der Waals surface area contributed by atoms with Crippen molar-refractivity contribution < 1.29 is 22.8 Å². The molecule has 0 spiro atoms. The summed E-state index contributed by atoms with van der Waals surface area (Å²) in [6.45, 7) is 1.33. The Kier molecular flexibility index (Phi) is 5.67. The van der Waals surface area contributed by atoms with Gasteiger partial charge in [0.2, 0.25) is 5.91 Å². The maximum Gasteiger partial charge on any atom is 0.416 e. The number of benzene rings is 1. The number of nitrogens with zero attached hydrogens (tertiary/aromatic N) is 3. The van der Waals surface area contributed by atoms with Crippen molar-refractivity contribution in [3.8, 4) is 11.8 Å². The van der Waals surface area contributed by atoms with Crippen LogP contribution in [0.25, 0.3) is 5.69 Å². The van der Waals surface area contributed by atoms with Gasteiger partial charge in [0.05, 0.1) is 22.5 Å². The van der Waals surface area contributed by atoms with E-state index in [1.165, 1.54) is 6.92 Å². The lowest BCUT2D eigenvalue weighted by Crippen LogP contribution is -2.16. The number of nitrogens with one attached hydrogen (secondary N) is 1. The van der Waals surface area contributed by atoms with Gasteiger partial charge < -0.3 is 10.1 Å². The number of carbonyl (C=O) groups excluding carboxylic acids is 2. The molecule has 1 N–H and O–H groups in total. The van der Waals surface area contributed by atoms with Crippen molar-refractivity contribution in [2.45, 2.75) is 25.9 Å². The van der Waals surface area contributed by atoms with Gasteiger partial charge in [0.15, 0.2) is 5.82 Å². The quantitative estimate of drug-likeness (QED) is 0.850. The zero-order valence-corrected chi connectivity index (χ0v) is 14.1. The number of halogens is 4. The standard InChI is InChI=1S/C16H12ClF3N4O2/c1-9(25)2-5-14(26)23-15-10(7-21)8-22-24(15)13-4-3-11(6-12(13)17)16(18,19)20/h3-4,6,8H,2,5H2,1H3,(H,23,26). The van der Waals surface area contributed by atoms with Crippen molar-refractivity contribution in [1.29, 1.82) is 5.26 Å². The van der Waals surface area contributed by atoms with Crippen molar-refractivity contribution in [3.63, 3.8) is 0 Å². The van der Waals surface area contributed by atoms with E-state index >= 15 is 0 Å². The fraction of sp³-hybridized carbons (Fsp3) is 0.250. The molecule has 0 saturated carbocycles.